The summed E-state index contributed by atoms with van der Waals surface area (Å²) in [5, 5.41) is 2.96. The van der Waals surface area contributed by atoms with Crippen LogP contribution >= 0.6 is 0 Å². The molecule has 0 aliphatic carbocycles. The monoisotopic (exact) mass is 440 g/mol. The molecule has 0 heterocycles. The number of benzene rings is 2. The van der Waals surface area contributed by atoms with Crippen LogP contribution in [0.25, 0.3) is 0 Å². The van der Waals surface area contributed by atoms with E-state index in [9.17, 15) is 9.59 Å². The van der Waals surface area contributed by atoms with Crippen LogP contribution in [-0.4, -0.2) is 42.0 Å². The molecule has 2 rings (SSSR count). The molecule has 1 N–H and O–H groups in total. The third kappa shape index (κ3) is 7.59. The Bertz CT molecular complexity index is 884. The molecular weight excluding hydrogens is 404 g/mol. The van der Waals surface area contributed by atoms with E-state index in [1.165, 1.54) is 5.56 Å². The number of methoxy groups -OCH3 is 1. The normalized spacial score (nSPS) is 12.2. The van der Waals surface area contributed by atoms with Gasteiger partial charge in [0.2, 0.25) is 5.91 Å². The lowest BCUT2D eigenvalue weighted by Gasteiger charge is -2.31. The van der Waals surface area contributed by atoms with E-state index in [2.05, 4.69) is 19.2 Å². The topological polar surface area (TPSA) is 67.9 Å². The fraction of sp³-hybridized carbons (Fsp3) is 0.462. The minimum Gasteiger partial charge on any atom is -0.497 e. The Morgan fingerprint density at radius 3 is 2.00 bits per heavy atom. The predicted octanol–water partition coefficient (Wildman–Crippen LogP) is 4.53. The minimum atomic E-state index is -0.657. The van der Waals surface area contributed by atoms with Crippen LogP contribution in [0.3, 0.4) is 0 Å². The van der Waals surface area contributed by atoms with Gasteiger partial charge in [0, 0.05) is 12.1 Å². The summed E-state index contributed by atoms with van der Waals surface area (Å²) in [6.07, 6.45) is 0. The molecule has 0 saturated heterocycles. The van der Waals surface area contributed by atoms with Crippen LogP contribution in [0.5, 0.6) is 11.5 Å². The smallest absolute Gasteiger partial charge is 0.261 e. The highest BCUT2D eigenvalue weighted by Gasteiger charge is 2.28. The first-order valence-corrected chi connectivity index (χ1v) is 11.0. The molecule has 6 nitrogen and oxygen atoms in total. The van der Waals surface area contributed by atoms with Crippen molar-refractivity contribution >= 4 is 11.8 Å². The number of nitrogens with zero attached hydrogens (tertiary/aromatic N) is 1. The number of hydrogen-bond acceptors (Lipinski definition) is 4. The molecule has 2 aromatic carbocycles. The summed E-state index contributed by atoms with van der Waals surface area (Å²) in [5.41, 5.74) is 1.71. The van der Waals surface area contributed by atoms with Crippen molar-refractivity contribution in [1.82, 2.24) is 10.2 Å². The molecule has 0 spiro atoms. The van der Waals surface area contributed by atoms with Gasteiger partial charge in [-0.3, -0.25) is 9.59 Å². The van der Waals surface area contributed by atoms with Gasteiger partial charge < -0.3 is 19.7 Å². The van der Waals surface area contributed by atoms with Gasteiger partial charge in [0.05, 0.1) is 7.11 Å². The molecule has 1 atom stereocenters. The quantitative estimate of drug-likeness (QED) is 0.622. The van der Waals surface area contributed by atoms with Crippen molar-refractivity contribution in [1.29, 1.82) is 0 Å². The van der Waals surface area contributed by atoms with Gasteiger partial charge in [-0.25, -0.2) is 0 Å². The Labute approximate surface area is 191 Å². The summed E-state index contributed by atoms with van der Waals surface area (Å²) >= 11 is 0. The second kappa shape index (κ2) is 11.0. The highest BCUT2D eigenvalue weighted by atomic mass is 16.5. The zero-order valence-electron chi connectivity index (χ0n) is 20.3. The summed E-state index contributed by atoms with van der Waals surface area (Å²) in [6, 6.07) is 14.5. The second-order valence-corrected chi connectivity index (χ2v) is 9.30. The molecule has 32 heavy (non-hydrogen) atoms. The average molecular weight is 441 g/mol. The van der Waals surface area contributed by atoms with Crippen molar-refractivity contribution < 1.29 is 19.1 Å². The van der Waals surface area contributed by atoms with Crippen LogP contribution in [-0.2, 0) is 16.1 Å². The molecule has 0 fully saturated rings. The maximum atomic E-state index is 13.1. The number of carbonyl (C=O) groups excluding carboxylic acids is 2. The Morgan fingerprint density at radius 1 is 0.938 bits per heavy atom. The predicted molar refractivity (Wildman–Crippen MR) is 127 cm³/mol. The van der Waals surface area contributed by atoms with Gasteiger partial charge in [-0.15, -0.1) is 0 Å². The number of amides is 2. The standard InChI is InChI=1S/C26H36N2O4/c1-18(2)21-10-14-23(15-11-21)32-17-24(29)28(19(3)25(30)27-26(4,5)6)16-20-8-12-22(31-7)13-9-20/h8-15,18-19H,16-17H2,1-7H3,(H,27,30)/t19-/m0/s1. The third-order valence-corrected chi connectivity index (χ3v) is 5.09. The Morgan fingerprint density at radius 2 is 1.50 bits per heavy atom. The maximum Gasteiger partial charge on any atom is 0.261 e. The van der Waals surface area contributed by atoms with Crippen molar-refractivity contribution in [3.63, 3.8) is 0 Å². The molecule has 0 radical (unpaired) electrons. The van der Waals surface area contributed by atoms with Crippen LogP contribution in [0.15, 0.2) is 48.5 Å². The lowest BCUT2D eigenvalue weighted by Crippen LogP contribution is -2.53. The van der Waals surface area contributed by atoms with Gasteiger partial charge in [0.1, 0.15) is 17.5 Å². The van der Waals surface area contributed by atoms with Gasteiger partial charge in [-0.05, 0) is 69.0 Å². The van der Waals surface area contributed by atoms with E-state index in [0.29, 0.717) is 11.7 Å². The lowest BCUT2D eigenvalue weighted by atomic mass is 10.0. The van der Waals surface area contributed by atoms with Gasteiger partial charge in [-0.2, -0.15) is 0 Å². The summed E-state index contributed by atoms with van der Waals surface area (Å²) < 4.78 is 11.0. The number of nitrogens with one attached hydrogen (secondary N) is 1. The summed E-state index contributed by atoms with van der Waals surface area (Å²) in [7, 11) is 1.61. The Balaban J connectivity index is 2.15. The van der Waals surface area contributed by atoms with Crippen LogP contribution in [0.2, 0.25) is 0 Å². The van der Waals surface area contributed by atoms with Crippen LogP contribution < -0.4 is 14.8 Å². The largest absolute Gasteiger partial charge is 0.497 e. The number of carbonyl (C=O) groups is 2. The van der Waals surface area contributed by atoms with E-state index in [1.807, 2.05) is 69.3 Å². The fourth-order valence-electron chi connectivity index (χ4n) is 3.16. The van der Waals surface area contributed by atoms with E-state index in [4.69, 9.17) is 9.47 Å². The molecular formula is C26H36N2O4. The molecule has 6 heteroatoms. The molecule has 2 aromatic rings. The van der Waals surface area contributed by atoms with Gasteiger partial charge in [-0.1, -0.05) is 38.1 Å². The van der Waals surface area contributed by atoms with E-state index < -0.39 is 11.6 Å². The molecule has 0 aliphatic heterocycles. The summed E-state index contributed by atoms with van der Waals surface area (Å²) in [5.74, 6) is 1.32. The Kier molecular flexibility index (Phi) is 8.70. The first-order chi connectivity index (χ1) is 15.0. The third-order valence-electron chi connectivity index (χ3n) is 5.09. The lowest BCUT2D eigenvalue weighted by molar-refractivity contribution is -0.142. The molecule has 2 amide bonds. The van der Waals surface area contributed by atoms with Crippen molar-refractivity contribution in [2.45, 2.75) is 65.6 Å². The summed E-state index contributed by atoms with van der Waals surface area (Å²) in [4.78, 5) is 27.5. The first-order valence-electron chi connectivity index (χ1n) is 11.0. The number of rotatable bonds is 9. The van der Waals surface area contributed by atoms with E-state index in [0.717, 1.165) is 11.3 Å². The van der Waals surface area contributed by atoms with E-state index >= 15 is 0 Å². The molecule has 0 aromatic heterocycles. The van der Waals surface area contributed by atoms with Crippen molar-refractivity contribution in [2.75, 3.05) is 13.7 Å². The zero-order valence-corrected chi connectivity index (χ0v) is 20.3. The fourth-order valence-corrected chi connectivity index (χ4v) is 3.16. The minimum absolute atomic E-state index is 0.148. The SMILES string of the molecule is COc1ccc(CN(C(=O)COc2ccc(C(C)C)cc2)[C@@H](C)C(=O)NC(C)(C)C)cc1. The Hall–Kier alpha value is -3.02. The van der Waals surface area contributed by atoms with Crippen molar-refractivity contribution in [3.8, 4) is 11.5 Å². The van der Waals surface area contributed by atoms with Crippen LogP contribution in [0.4, 0.5) is 0 Å². The van der Waals surface area contributed by atoms with Crippen molar-refractivity contribution in [3.05, 3.63) is 59.7 Å². The average Bonchev–Trinajstić information content (AvgIpc) is 2.74. The number of hydrogen-bond donors (Lipinski definition) is 1. The maximum absolute atomic E-state index is 13.1. The molecule has 0 saturated carbocycles. The zero-order chi connectivity index (χ0) is 23.9. The van der Waals surface area contributed by atoms with Crippen LogP contribution in [0, 0.1) is 0 Å². The molecule has 0 bridgehead atoms. The molecule has 174 valence electrons. The van der Waals surface area contributed by atoms with E-state index in [1.54, 1.807) is 18.9 Å². The molecule has 0 unspecified atom stereocenters. The van der Waals surface area contributed by atoms with Crippen LogP contribution in [0.1, 0.15) is 58.6 Å². The highest BCUT2D eigenvalue weighted by Crippen LogP contribution is 2.19. The van der Waals surface area contributed by atoms with Crippen molar-refractivity contribution in [2.24, 2.45) is 0 Å². The summed E-state index contributed by atoms with van der Waals surface area (Å²) in [6.45, 7) is 11.9. The van der Waals surface area contributed by atoms with Gasteiger partial charge in [0.15, 0.2) is 6.61 Å². The second-order valence-electron chi connectivity index (χ2n) is 9.30. The van der Waals surface area contributed by atoms with E-state index in [-0.39, 0.29) is 25.0 Å². The van der Waals surface area contributed by atoms with Gasteiger partial charge in [0.25, 0.3) is 5.91 Å². The van der Waals surface area contributed by atoms with Gasteiger partial charge >= 0.3 is 0 Å². The molecule has 0 aliphatic rings. The number of ether oxygens (including phenoxy) is 2. The first kappa shape index (κ1) is 25.2. The highest BCUT2D eigenvalue weighted by molar-refractivity contribution is 5.88.